The van der Waals surface area contributed by atoms with E-state index in [1.54, 1.807) is 12.1 Å². The van der Waals surface area contributed by atoms with Crippen molar-refractivity contribution in [2.24, 2.45) is 5.92 Å². The molecule has 0 aromatic heterocycles. The highest BCUT2D eigenvalue weighted by molar-refractivity contribution is 5.81. The van der Waals surface area contributed by atoms with Gasteiger partial charge in [-0.25, -0.2) is 4.39 Å². The fraction of sp³-hybridized carbons (Fsp3) is 0.333. The number of amides is 2. The molecule has 6 heteroatoms. The van der Waals surface area contributed by atoms with Crippen molar-refractivity contribution >= 4 is 11.8 Å². The van der Waals surface area contributed by atoms with E-state index in [-0.39, 0.29) is 29.6 Å². The fourth-order valence-electron chi connectivity index (χ4n) is 4.62. The van der Waals surface area contributed by atoms with Crippen molar-refractivity contribution in [3.63, 3.8) is 0 Å². The van der Waals surface area contributed by atoms with Crippen LogP contribution in [0.25, 0.3) is 0 Å². The molecule has 5 nitrogen and oxygen atoms in total. The summed E-state index contributed by atoms with van der Waals surface area (Å²) in [4.78, 5) is 27.9. The normalized spacial score (nSPS) is 15.8. The molecule has 0 radical (unpaired) electrons. The number of carbonyl (C=O) groups is 2. The Kier molecular flexibility index (Phi) is 8.04. The van der Waals surface area contributed by atoms with Gasteiger partial charge in [0.15, 0.2) is 6.10 Å². The number of benzene rings is 3. The summed E-state index contributed by atoms with van der Waals surface area (Å²) in [6.07, 6.45) is 0.592. The van der Waals surface area contributed by atoms with Crippen LogP contribution >= 0.6 is 0 Å². The quantitative estimate of drug-likeness (QED) is 0.460. The van der Waals surface area contributed by atoms with Gasteiger partial charge in [-0.1, -0.05) is 69.3 Å². The molecule has 2 atom stereocenters. The monoisotopic (exact) mass is 488 g/mol. The first-order chi connectivity index (χ1) is 17.4. The first-order valence-corrected chi connectivity index (χ1v) is 12.5. The van der Waals surface area contributed by atoms with Crippen LogP contribution in [0.3, 0.4) is 0 Å². The van der Waals surface area contributed by atoms with Crippen LogP contribution in [0, 0.1) is 11.7 Å². The minimum atomic E-state index is -0.671. The maximum Gasteiger partial charge on any atom is 0.261 e. The third-order valence-corrected chi connectivity index (χ3v) is 6.56. The molecule has 3 aromatic rings. The van der Waals surface area contributed by atoms with Crippen LogP contribution in [-0.4, -0.2) is 29.4 Å². The first kappa shape index (κ1) is 25.4. The van der Waals surface area contributed by atoms with Gasteiger partial charge in [0.2, 0.25) is 5.91 Å². The van der Waals surface area contributed by atoms with Gasteiger partial charge in [-0.05, 0) is 59.4 Å². The number of halogens is 1. The molecule has 0 aliphatic carbocycles. The highest BCUT2D eigenvalue weighted by Crippen LogP contribution is 2.38. The molecular weight excluding hydrogens is 455 g/mol. The number of nitrogens with zero attached hydrogens (tertiary/aromatic N) is 1. The van der Waals surface area contributed by atoms with E-state index in [0.717, 1.165) is 23.1 Å². The predicted octanol–water partition coefficient (Wildman–Crippen LogP) is 5.43. The van der Waals surface area contributed by atoms with Crippen molar-refractivity contribution in [3.05, 3.63) is 101 Å². The number of fused-ring (bicyclic) bond motifs is 1. The van der Waals surface area contributed by atoms with E-state index in [4.69, 9.17) is 4.74 Å². The van der Waals surface area contributed by atoms with Gasteiger partial charge in [0.1, 0.15) is 11.6 Å². The summed E-state index contributed by atoms with van der Waals surface area (Å²) in [5.41, 5.74) is 4.07. The maximum atomic E-state index is 13.1. The van der Waals surface area contributed by atoms with Gasteiger partial charge >= 0.3 is 0 Å². The minimum Gasteiger partial charge on any atom is -0.481 e. The molecule has 0 unspecified atom stereocenters. The zero-order valence-corrected chi connectivity index (χ0v) is 21.0. The van der Waals surface area contributed by atoms with E-state index in [1.165, 1.54) is 17.7 Å². The van der Waals surface area contributed by atoms with Gasteiger partial charge in [0.05, 0.1) is 6.04 Å². The summed E-state index contributed by atoms with van der Waals surface area (Å²) in [6, 6.07) is 21.8. The van der Waals surface area contributed by atoms with Crippen LogP contribution < -0.4 is 10.1 Å². The highest BCUT2D eigenvalue weighted by atomic mass is 19.1. The Morgan fingerprint density at radius 3 is 2.44 bits per heavy atom. The van der Waals surface area contributed by atoms with Crippen LogP contribution in [0.1, 0.15) is 55.5 Å². The maximum absolute atomic E-state index is 13.1. The summed E-state index contributed by atoms with van der Waals surface area (Å²) in [7, 11) is 0. The molecule has 1 N–H and O–H groups in total. The largest absolute Gasteiger partial charge is 0.481 e. The van der Waals surface area contributed by atoms with Gasteiger partial charge in [-0.2, -0.15) is 0 Å². The summed E-state index contributed by atoms with van der Waals surface area (Å²) in [6.45, 7) is 6.71. The summed E-state index contributed by atoms with van der Waals surface area (Å²) in [5.74, 6) is 0.0710. The third kappa shape index (κ3) is 5.76. The molecule has 0 spiro atoms. The van der Waals surface area contributed by atoms with Crippen molar-refractivity contribution < 1.29 is 18.7 Å². The van der Waals surface area contributed by atoms with Crippen molar-refractivity contribution in [1.82, 2.24) is 10.2 Å². The van der Waals surface area contributed by atoms with Gasteiger partial charge < -0.3 is 15.0 Å². The second-order valence-corrected chi connectivity index (χ2v) is 9.47. The molecule has 0 bridgehead atoms. The number of nitrogens with one attached hydrogen (secondary N) is 1. The Balaban J connectivity index is 1.56. The number of rotatable bonds is 8. The topological polar surface area (TPSA) is 58.6 Å². The molecule has 1 aliphatic rings. The van der Waals surface area contributed by atoms with Gasteiger partial charge in [-0.15, -0.1) is 0 Å². The Bertz CT molecular complexity index is 1190. The summed E-state index contributed by atoms with van der Waals surface area (Å²) in [5, 5.41) is 2.88. The van der Waals surface area contributed by atoms with E-state index in [2.05, 4.69) is 5.32 Å². The lowest BCUT2D eigenvalue weighted by atomic mass is 9.87. The molecule has 0 fully saturated rings. The van der Waals surface area contributed by atoms with Gasteiger partial charge in [-0.3, -0.25) is 9.59 Å². The molecular formula is C30H33FN2O3. The number of carbonyl (C=O) groups excluding carboxylic acids is 2. The molecule has 3 aromatic carbocycles. The highest BCUT2D eigenvalue weighted by Gasteiger charge is 2.33. The van der Waals surface area contributed by atoms with Crippen LogP contribution in [0.2, 0.25) is 0 Å². The smallest absolute Gasteiger partial charge is 0.261 e. The Morgan fingerprint density at radius 1 is 1.06 bits per heavy atom. The van der Waals surface area contributed by atoms with Crippen LogP contribution in [0.4, 0.5) is 4.39 Å². The lowest BCUT2D eigenvalue weighted by Gasteiger charge is -2.39. The molecule has 36 heavy (non-hydrogen) atoms. The third-order valence-electron chi connectivity index (χ3n) is 6.56. The molecule has 4 rings (SSSR count). The second-order valence-electron chi connectivity index (χ2n) is 9.47. The summed E-state index contributed by atoms with van der Waals surface area (Å²) < 4.78 is 19.3. The van der Waals surface area contributed by atoms with E-state index in [9.17, 15) is 14.0 Å². The van der Waals surface area contributed by atoms with Crippen molar-refractivity contribution in [3.8, 4) is 5.75 Å². The molecule has 1 heterocycles. The SMILES string of the molecule is CC[C@@H](Oc1ccc2c(c1)[C@@H](c1ccccc1)N(C(=O)C(C)C)CC2)C(=O)NCc1ccc(F)cc1. The standard InChI is InChI=1S/C30H33FN2O3/c1-4-27(29(34)32-19-21-10-13-24(31)14-11-21)36-25-15-12-22-16-17-33(30(35)20(2)3)28(26(22)18-25)23-8-6-5-7-9-23/h5-15,18,20,27-28H,4,16-17,19H2,1-3H3,(H,32,34)/t27-,28-/m1/s1. The average Bonchev–Trinajstić information content (AvgIpc) is 2.90. The van der Waals surface area contributed by atoms with Crippen molar-refractivity contribution in [1.29, 1.82) is 0 Å². The number of hydrogen-bond donors (Lipinski definition) is 1. The predicted molar refractivity (Wildman–Crippen MR) is 138 cm³/mol. The fourth-order valence-corrected chi connectivity index (χ4v) is 4.62. The van der Waals surface area contributed by atoms with Crippen LogP contribution in [0.5, 0.6) is 5.75 Å². The van der Waals surface area contributed by atoms with E-state index >= 15 is 0 Å². The van der Waals surface area contributed by atoms with Gasteiger partial charge in [0.25, 0.3) is 5.91 Å². The molecule has 1 aliphatic heterocycles. The van der Waals surface area contributed by atoms with Crippen molar-refractivity contribution in [2.45, 2.75) is 52.3 Å². The van der Waals surface area contributed by atoms with E-state index < -0.39 is 6.10 Å². The zero-order valence-electron chi connectivity index (χ0n) is 21.0. The lowest BCUT2D eigenvalue weighted by molar-refractivity contribution is -0.136. The zero-order chi connectivity index (χ0) is 25.7. The first-order valence-electron chi connectivity index (χ1n) is 12.5. The van der Waals surface area contributed by atoms with E-state index in [0.29, 0.717) is 25.3 Å². The Morgan fingerprint density at radius 2 is 1.78 bits per heavy atom. The molecule has 0 saturated carbocycles. The summed E-state index contributed by atoms with van der Waals surface area (Å²) >= 11 is 0. The molecule has 2 amide bonds. The average molecular weight is 489 g/mol. The van der Waals surface area contributed by atoms with Crippen LogP contribution in [0.15, 0.2) is 72.8 Å². The molecule has 188 valence electrons. The Hall–Kier alpha value is -3.67. The number of ether oxygens (including phenoxy) is 1. The van der Waals surface area contributed by atoms with E-state index in [1.807, 2.05) is 74.2 Å². The van der Waals surface area contributed by atoms with Crippen molar-refractivity contribution in [2.75, 3.05) is 6.54 Å². The number of hydrogen-bond acceptors (Lipinski definition) is 3. The lowest BCUT2D eigenvalue weighted by Crippen LogP contribution is -2.42. The minimum absolute atomic E-state index is 0.105. The van der Waals surface area contributed by atoms with Gasteiger partial charge in [0, 0.05) is 19.0 Å². The van der Waals surface area contributed by atoms with Crippen LogP contribution in [-0.2, 0) is 22.6 Å². The molecule has 0 saturated heterocycles. The Labute approximate surface area is 212 Å². The second kappa shape index (κ2) is 11.4.